The number of nitrogens with zero attached hydrogens (tertiary/aromatic N) is 1. The molecule has 2 aromatic carbocycles. The van der Waals surface area contributed by atoms with Crippen molar-refractivity contribution in [2.24, 2.45) is 5.73 Å². The second kappa shape index (κ2) is 5.67. The fraction of sp³-hybridized carbons (Fsp3) is 0.188. The Labute approximate surface area is 113 Å². The van der Waals surface area contributed by atoms with Crippen molar-refractivity contribution in [3.63, 3.8) is 0 Å². The van der Waals surface area contributed by atoms with Crippen LogP contribution in [-0.4, -0.2) is 13.0 Å². The van der Waals surface area contributed by atoms with Crippen molar-refractivity contribution in [1.29, 1.82) is 0 Å². The van der Waals surface area contributed by atoms with Crippen LogP contribution in [0.1, 0.15) is 21.5 Å². The van der Waals surface area contributed by atoms with E-state index < -0.39 is 0 Å². The van der Waals surface area contributed by atoms with Gasteiger partial charge in [-0.3, -0.25) is 4.79 Å². The van der Waals surface area contributed by atoms with Crippen LogP contribution in [0.4, 0.5) is 5.69 Å². The zero-order valence-electron chi connectivity index (χ0n) is 11.3. The van der Waals surface area contributed by atoms with E-state index in [0.29, 0.717) is 12.1 Å². The molecule has 0 saturated heterocycles. The minimum Gasteiger partial charge on any atom is -0.326 e. The average molecular weight is 254 g/mol. The highest BCUT2D eigenvalue weighted by Gasteiger charge is 2.13. The number of amides is 1. The molecule has 0 atom stereocenters. The molecule has 0 saturated carbocycles. The first-order valence-corrected chi connectivity index (χ1v) is 6.25. The minimum atomic E-state index is -0.0269. The van der Waals surface area contributed by atoms with Crippen molar-refractivity contribution < 1.29 is 4.79 Å². The van der Waals surface area contributed by atoms with Crippen LogP contribution in [0.2, 0.25) is 0 Å². The maximum absolute atomic E-state index is 12.4. The predicted octanol–water partition coefficient (Wildman–Crippen LogP) is 2.73. The number of aryl methyl sites for hydroxylation is 1. The highest BCUT2D eigenvalue weighted by molar-refractivity contribution is 6.05. The van der Waals surface area contributed by atoms with Gasteiger partial charge in [0.15, 0.2) is 0 Å². The van der Waals surface area contributed by atoms with Crippen LogP contribution in [0.15, 0.2) is 48.5 Å². The van der Waals surface area contributed by atoms with Gasteiger partial charge in [0.25, 0.3) is 5.91 Å². The van der Waals surface area contributed by atoms with Gasteiger partial charge >= 0.3 is 0 Å². The molecule has 3 heteroatoms. The molecule has 0 spiro atoms. The Kier molecular flexibility index (Phi) is 3.97. The Hall–Kier alpha value is -2.13. The van der Waals surface area contributed by atoms with E-state index in [-0.39, 0.29) is 5.91 Å². The molecule has 0 unspecified atom stereocenters. The summed E-state index contributed by atoms with van der Waals surface area (Å²) >= 11 is 0. The molecule has 3 nitrogen and oxygen atoms in total. The number of nitrogens with two attached hydrogens (primary N) is 1. The quantitative estimate of drug-likeness (QED) is 0.915. The summed E-state index contributed by atoms with van der Waals surface area (Å²) < 4.78 is 0. The summed E-state index contributed by atoms with van der Waals surface area (Å²) in [6.45, 7) is 2.45. The van der Waals surface area contributed by atoms with Crippen molar-refractivity contribution >= 4 is 11.6 Å². The lowest BCUT2D eigenvalue weighted by molar-refractivity contribution is 0.0993. The SMILES string of the molecule is Cc1cccc(N(C)C(=O)c2cccc(CN)c2)c1. The van der Waals surface area contributed by atoms with Crippen LogP contribution < -0.4 is 10.6 Å². The molecule has 98 valence electrons. The van der Waals surface area contributed by atoms with Gasteiger partial charge in [0.2, 0.25) is 0 Å². The first kappa shape index (κ1) is 13.3. The average Bonchev–Trinajstić information content (AvgIpc) is 2.45. The van der Waals surface area contributed by atoms with Crippen molar-refractivity contribution in [2.75, 3.05) is 11.9 Å². The maximum atomic E-state index is 12.4. The molecule has 2 N–H and O–H groups in total. The van der Waals surface area contributed by atoms with E-state index in [0.717, 1.165) is 16.8 Å². The molecule has 0 aliphatic rings. The summed E-state index contributed by atoms with van der Waals surface area (Å²) in [4.78, 5) is 14.1. The zero-order chi connectivity index (χ0) is 13.8. The van der Waals surface area contributed by atoms with Crippen molar-refractivity contribution in [2.45, 2.75) is 13.5 Å². The Morgan fingerprint density at radius 3 is 2.58 bits per heavy atom. The summed E-state index contributed by atoms with van der Waals surface area (Å²) in [7, 11) is 1.78. The largest absolute Gasteiger partial charge is 0.326 e. The monoisotopic (exact) mass is 254 g/mol. The molecule has 0 aliphatic heterocycles. The van der Waals surface area contributed by atoms with Crippen LogP contribution in [0.5, 0.6) is 0 Å². The fourth-order valence-corrected chi connectivity index (χ4v) is 1.98. The Morgan fingerprint density at radius 2 is 1.89 bits per heavy atom. The van der Waals surface area contributed by atoms with Gasteiger partial charge in [0.05, 0.1) is 0 Å². The second-order valence-corrected chi connectivity index (χ2v) is 4.61. The summed E-state index contributed by atoms with van der Waals surface area (Å²) in [6.07, 6.45) is 0. The number of hydrogen-bond acceptors (Lipinski definition) is 2. The van der Waals surface area contributed by atoms with Gasteiger partial charge in [0, 0.05) is 24.8 Å². The van der Waals surface area contributed by atoms with Crippen LogP contribution in [0, 0.1) is 6.92 Å². The van der Waals surface area contributed by atoms with Crippen molar-refractivity contribution in [1.82, 2.24) is 0 Å². The highest BCUT2D eigenvalue weighted by atomic mass is 16.2. The summed E-state index contributed by atoms with van der Waals surface area (Å²) in [5.41, 5.74) is 9.25. The summed E-state index contributed by atoms with van der Waals surface area (Å²) in [5, 5.41) is 0. The van der Waals surface area contributed by atoms with Gasteiger partial charge in [-0.2, -0.15) is 0 Å². The van der Waals surface area contributed by atoms with Gasteiger partial charge in [0.1, 0.15) is 0 Å². The first-order chi connectivity index (χ1) is 9.11. The smallest absolute Gasteiger partial charge is 0.258 e. The van der Waals surface area contributed by atoms with Gasteiger partial charge in [-0.15, -0.1) is 0 Å². The number of anilines is 1. The number of carbonyl (C=O) groups excluding carboxylic acids is 1. The third-order valence-electron chi connectivity index (χ3n) is 3.10. The van der Waals surface area contributed by atoms with Crippen LogP contribution in [0.25, 0.3) is 0 Å². The third-order valence-corrected chi connectivity index (χ3v) is 3.10. The molecular weight excluding hydrogens is 236 g/mol. The number of hydrogen-bond donors (Lipinski definition) is 1. The normalized spacial score (nSPS) is 10.3. The van der Waals surface area contributed by atoms with E-state index in [1.54, 1.807) is 11.9 Å². The van der Waals surface area contributed by atoms with Gasteiger partial charge in [-0.05, 0) is 42.3 Å². The van der Waals surface area contributed by atoms with E-state index in [9.17, 15) is 4.79 Å². The molecule has 0 heterocycles. The minimum absolute atomic E-state index is 0.0269. The molecule has 0 fully saturated rings. The molecule has 0 aromatic heterocycles. The molecule has 2 aromatic rings. The molecule has 2 rings (SSSR count). The lowest BCUT2D eigenvalue weighted by Crippen LogP contribution is -2.26. The van der Waals surface area contributed by atoms with E-state index >= 15 is 0 Å². The number of carbonyl (C=O) groups is 1. The van der Waals surface area contributed by atoms with E-state index in [2.05, 4.69) is 0 Å². The van der Waals surface area contributed by atoms with Crippen molar-refractivity contribution in [3.8, 4) is 0 Å². The van der Waals surface area contributed by atoms with Crippen LogP contribution in [-0.2, 0) is 6.54 Å². The molecule has 0 radical (unpaired) electrons. The Morgan fingerprint density at radius 1 is 1.16 bits per heavy atom. The fourth-order valence-electron chi connectivity index (χ4n) is 1.98. The topological polar surface area (TPSA) is 46.3 Å². The Balaban J connectivity index is 2.28. The predicted molar refractivity (Wildman–Crippen MR) is 78.2 cm³/mol. The third kappa shape index (κ3) is 3.01. The van der Waals surface area contributed by atoms with Crippen molar-refractivity contribution in [3.05, 3.63) is 65.2 Å². The first-order valence-electron chi connectivity index (χ1n) is 6.25. The van der Waals surface area contributed by atoms with E-state index in [4.69, 9.17) is 5.73 Å². The number of benzene rings is 2. The lowest BCUT2D eigenvalue weighted by Gasteiger charge is -2.18. The number of rotatable bonds is 3. The summed E-state index contributed by atoms with van der Waals surface area (Å²) in [5.74, 6) is -0.0269. The second-order valence-electron chi connectivity index (χ2n) is 4.61. The molecule has 0 bridgehead atoms. The van der Waals surface area contributed by atoms with E-state index in [1.807, 2.05) is 55.5 Å². The van der Waals surface area contributed by atoms with Crippen LogP contribution >= 0.6 is 0 Å². The zero-order valence-corrected chi connectivity index (χ0v) is 11.3. The molecule has 19 heavy (non-hydrogen) atoms. The highest BCUT2D eigenvalue weighted by Crippen LogP contribution is 2.17. The molecule has 1 amide bonds. The maximum Gasteiger partial charge on any atom is 0.258 e. The summed E-state index contributed by atoms with van der Waals surface area (Å²) in [6, 6.07) is 15.3. The lowest BCUT2D eigenvalue weighted by atomic mass is 10.1. The van der Waals surface area contributed by atoms with Gasteiger partial charge in [-0.1, -0.05) is 24.3 Å². The Bertz CT molecular complexity index is 593. The van der Waals surface area contributed by atoms with E-state index in [1.165, 1.54) is 0 Å². The van der Waals surface area contributed by atoms with Gasteiger partial charge in [-0.25, -0.2) is 0 Å². The molecule has 0 aliphatic carbocycles. The van der Waals surface area contributed by atoms with Crippen LogP contribution in [0.3, 0.4) is 0 Å². The molecular formula is C16H18N2O. The van der Waals surface area contributed by atoms with Gasteiger partial charge < -0.3 is 10.6 Å². The standard InChI is InChI=1S/C16H18N2O/c1-12-5-3-8-15(9-12)18(2)16(19)14-7-4-6-13(10-14)11-17/h3-10H,11,17H2,1-2H3.